The molecule has 6 heavy (non-hydrogen) atoms. The monoisotopic (exact) mass is 128 g/mol. The Morgan fingerprint density at radius 2 is 1.67 bits per heavy atom. The summed E-state index contributed by atoms with van der Waals surface area (Å²) in [6.45, 7) is 0. The van der Waals surface area contributed by atoms with Gasteiger partial charge in [0, 0.05) is 0 Å². The summed E-state index contributed by atoms with van der Waals surface area (Å²) in [5, 5.41) is 0. The SMILES string of the molecule is OCl.[H-].[Li+].[O-][Cl+]O. The van der Waals surface area contributed by atoms with Crippen molar-refractivity contribution in [3.8, 4) is 0 Å². The fraction of sp³-hybridized carbons (Fsp3) is 0. The summed E-state index contributed by atoms with van der Waals surface area (Å²) in [6, 6.07) is 0. The minimum atomic E-state index is -0.167. The van der Waals surface area contributed by atoms with Crippen molar-refractivity contribution in [2.75, 3.05) is 0 Å². The number of hydrogen-bond donors (Lipinski definition) is 2. The third-order valence-corrected chi connectivity index (χ3v) is 0. The standard InChI is InChI=1S/ClHO2.ClHO.Li.H/c2-1-3;1-2;;/h2H;2H;;/q;;+1;-1. The fourth-order valence-electron chi connectivity index (χ4n) is 0. The minimum absolute atomic E-state index is 0. The van der Waals surface area contributed by atoms with E-state index in [2.05, 4.69) is 11.9 Å². The predicted octanol–water partition coefficient (Wildman–Crippen LogP) is -4.50. The molecule has 0 fully saturated rings. The van der Waals surface area contributed by atoms with Crippen LogP contribution in [0.4, 0.5) is 0 Å². The van der Waals surface area contributed by atoms with E-state index in [-0.39, 0.29) is 31.6 Å². The van der Waals surface area contributed by atoms with Gasteiger partial charge in [0.25, 0.3) is 0 Å². The van der Waals surface area contributed by atoms with Crippen molar-refractivity contribution < 1.29 is 45.6 Å². The van der Waals surface area contributed by atoms with Crippen LogP contribution in [0, 0.1) is 11.3 Å². The van der Waals surface area contributed by atoms with Crippen molar-refractivity contribution in [2.24, 2.45) is 0 Å². The van der Waals surface area contributed by atoms with Crippen molar-refractivity contribution in [1.82, 2.24) is 0 Å². The van der Waals surface area contributed by atoms with Gasteiger partial charge < -0.3 is 6.09 Å². The van der Waals surface area contributed by atoms with Crippen LogP contribution >= 0.6 is 11.9 Å². The van der Waals surface area contributed by atoms with Crippen LogP contribution in [0.2, 0.25) is 0 Å². The second-order valence-corrected chi connectivity index (χ2v) is 0.207. The molecule has 0 atom stereocenters. The van der Waals surface area contributed by atoms with Gasteiger partial charge >= 0.3 is 30.2 Å². The number of rotatable bonds is 0. The van der Waals surface area contributed by atoms with E-state index in [4.69, 9.17) is 14.0 Å². The molecule has 0 radical (unpaired) electrons. The molecule has 3 nitrogen and oxygen atoms in total. The molecule has 0 aromatic rings. The molecule has 0 aromatic carbocycles. The van der Waals surface area contributed by atoms with E-state index in [1.54, 1.807) is 0 Å². The molecule has 0 saturated heterocycles. The van der Waals surface area contributed by atoms with Gasteiger partial charge in [0.2, 0.25) is 0 Å². The third kappa shape index (κ3) is 74.5. The zero-order valence-electron chi connectivity index (χ0n) is 4.06. The van der Waals surface area contributed by atoms with Crippen LogP contribution in [0.25, 0.3) is 0 Å². The molecule has 6 heteroatoms. The number of hydrogen-bond acceptors (Lipinski definition) is 3. The molecule has 0 unspecified atom stereocenters. The first-order valence-corrected chi connectivity index (χ1v) is 1.48. The van der Waals surface area contributed by atoms with E-state index in [0.29, 0.717) is 0 Å². The van der Waals surface area contributed by atoms with Crippen LogP contribution in [0.5, 0.6) is 0 Å². The van der Waals surface area contributed by atoms with E-state index in [0.717, 1.165) is 0 Å². The maximum absolute atomic E-state index is 8.35. The minimum Gasteiger partial charge on any atom is -1.00 e. The van der Waals surface area contributed by atoms with Gasteiger partial charge in [-0.15, -0.1) is 4.66 Å². The summed E-state index contributed by atoms with van der Waals surface area (Å²) < 4.78 is 21.7. The Morgan fingerprint density at radius 3 is 1.67 bits per heavy atom. The van der Waals surface area contributed by atoms with Crippen LogP contribution in [0.3, 0.4) is 0 Å². The van der Waals surface area contributed by atoms with Gasteiger partial charge in [0.1, 0.15) is 0 Å². The largest absolute Gasteiger partial charge is 1.00 e. The van der Waals surface area contributed by atoms with Gasteiger partial charge in [-0.25, -0.2) is 0 Å². The van der Waals surface area contributed by atoms with Crippen LogP contribution < -0.4 is 23.5 Å². The molecule has 36 valence electrons. The molecular formula is H3Cl2LiO3. The first-order valence-electron chi connectivity index (χ1n) is 0.492. The van der Waals surface area contributed by atoms with Crippen molar-refractivity contribution >= 4 is 11.9 Å². The average molecular weight is 129 g/mol. The van der Waals surface area contributed by atoms with Gasteiger partial charge in [-0.3, -0.25) is 4.66 Å². The van der Waals surface area contributed by atoms with Crippen LogP contribution in [-0.2, 0) is 0 Å². The maximum atomic E-state index is 8.35. The van der Waals surface area contributed by atoms with Crippen LogP contribution in [0.15, 0.2) is 0 Å². The second-order valence-electron chi connectivity index (χ2n) is 0.0690. The quantitative estimate of drug-likeness (QED) is 0.324. The molecule has 0 amide bonds. The second kappa shape index (κ2) is 36.6. The average Bonchev–Trinajstić information content (AvgIpc) is 1.46. The Labute approximate surface area is 57.8 Å². The van der Waals surface area contributed by atoms with Crippen molar-refractivity contribution in [3.63, 3.8) is 0 Å². The van der Waals surface area contributed by atoms with E-state index >= 15 is 0 Å². The van der Waals surface area contributed by atoms with Crippen LogP contribution in [-0.4, -0.2) is 9.32 Å². The summed E-state index contributed by atoms with van der Waals surface area (Å²) in [4.78, 5) is 0. The summed E-state index contributed by atoms with van der Waals surface area (Å²) in [5.41, 5.74) is 0. The fourth-order valence-corrected chi connectivity index (χ4v) is 0. The van der Waals surface area contributed by atoms with Gasteiger partial charge in [-0.1, -0.05) is 0 Å². The Morgan fingerprint density at radius 1 is 1.67 bits per heavy atom. The summed E-state index contributed by atoms with van der Waals surface area (Å²) in [7, 11) is 0. The van der Waals surface area contributed by atoms with E-state index in [1.807, 2.05) is 0 Å². The van der Waals surface area contributed by atoms with E-state index < -0.39 is 0 Å². The Balaban J connectivity index is -0.0000000105. The molecule has 0 aliphatic rings. The smallest absolute Gasteiger partial charge is 1.00 e. The van der Waals surface area contributed by atoms with Gasteiger partial charge in [-0.05, 0) is 0 Å². The number of halogens is 2. The van der Waals surface area contributed by atoms with Gasteiger partial charge in [0.05, 0.1) is 11.9 Å². The molecule has 0 aromatic heterocycles. The molecule has 0 saturated carbocycles. The zero-order valence-corrected chi connectivity index (χ0v) is 4.57. The molecule has 2 N–H and O–H groups in total. The summed E-state index contributed by atoms with van der Waals surface area (Å²) >= 11 is 3.47. The molecule has 0 bridgehead atoms. The Kier molecular flexibility index (Phi) is 96.0. The van der Waals surface area contributed by atoms with E-state index in [9.17, 15) is 0 Å². The summed E-state index contributed by atoms with van der Waals surface area (Å²) in [5.74, 6) is 0. The van der Waals surface area contributed by atoms with Gasteiger partial charge in [0.15, 0.2) is 0 Å². The Hall–Kier alpha value is 1.06. The molecule has 0 aliphatic heterocycles. The molecular weight excluding hydrogens is 126 g/mol. The first kappa shape index (κ1) is 15.7. The van der Waals surface area contributed by atoms with Gasteiger partial charge in [-0.2, -0.15) is 0 Å². The molecule has 0 rings (SSSR count). The molecule has 0 aliphatic carbocycles. The summed E-state index contributed by atoms with van der Waals surface area (Å²) in [6.07, 6.45) is 0. The van der Waals surface area contributed by atoms with Crippen molar-refractivity contribution in [2.45, 2.75) is 0 Å². The molecule has 0 spiro atoms. The van der Waals surface area contributed by atoms with Crippen molar-refractivity contribution in [3.05, 3.63) is 0 Å². The predicted molar refractivity (Wildman–Crippen MR) is 11.4 cm³/mol. The topological polar surface area (TPSA) is 63.5 Å². The third-order valence-electron chi connectivity index (χ3n) is 0. The Bertz CT molecular complexity index is 12.9. The first-order chi connectivity index (χ1) is 2.41. The molecule has 0 heterocycles. The van der Waals surface area contributed by atoms with E-state index in [1.165, 1.54) is 0 Å². The van der Waals surface area contributed by atoms with Crippen molar-refractivity contribution in [1.29, 1.82) is 0 Å². The maximum Gasteiger partial charge on any atom is 1.00 e. The normalized spacial score (nSPS) is 4.00. The zero-order chi connectivity index (χ0) is 4.71. The van der Waals surface area contributed by atoms with Crippen LogP contribution in [0.1, 0.15) is 1.43 Å².